The van der Waals surface area contributed by atoms with Crippen LogP contribution < -0.4 is 5.43 Å². The highest BCUT2D eigenvalue weighted by Crippen LogP contribution is 2.31. The lowest BCUT2D eigenvalue weighted by molar-refractivity contribution is 0.107. The van der Waals surface area contributed by atoms with Crippen LogP contribution in [-0.4, -0.2) is 16.5 Å². The average Bonchev–Trinajstić information content (AvgIpc) is 2.82. The lowest BCUT2D eigenvalue weighted by Gasteiger charge is -2.03. The molecule has 0 unspecified atom stereocenters. The normalized spacial score (nSPS) is 14.8. The highest BCUT2D eigenvalue weighted by Gasteiger charge is 2.28. The van der Waals surface area contributed by atoms with Crippen molar-refractivity contribution in [1.82, 2.24) is 4.98 Å². The van der Waals surface area contributed by atoms with Gasteiger partial charge in [0.2, 0.25) is 5.78 Å². The van der Waals surface area contributed by atoms with Gasteiger partial charge in [-0.1, -0.05) is 48.0 Å². The number of anilines is 1. The van der Waals surface area contributed by atoms with E-state index in [9.17, 15) is 4.79 Å². The van der Waals surface area contributed by atoms with E-state index >= 15 is 0 Å². The quantitative estimate of drug-likeness (QED) is 0.731. The molecule has 0 amide bonds. The number of pyridine rings is 1. The van der Waals surface area contributed by atoms with Crippen molar-refractivity contribution in [3.05, 3.63) is 70.9 Å². The number of hydrazone groups is 1. The van der Waals surface area contributed by atoms with E-state index in [1.807, 2.05) is 36.4 Å². The Morgan fingerprint density at radius 3 is 2.55 bits per heavy atom. The Hall–Kier alpha value is -2.72. The van der Waals surface area contributed by atoms with Crippen LogP contribution in [0.2, 0.25) is 5.02 Å². The van der Waals surface area contributed by atoms with Gasteiger partial charge in [-0.25, -0.2) is 4.98 Å². The lowest BCUT2D eigenvalue weighted by atomic mass is 10.1. The van der Waals surface area contributed by atoms with Crippen molar-refractivity contribution in [2.45, 2.75) is 0 Å². The minimum absolute atomic E-state index is 0.0913. The van der Waals surface area contributed by atoms with E-state index in [-0.39, 0.29) is 5.78 Å². The first kappa shape index (κ1) is 13.0. The number of hydrogen-bond acceptors (Lipinski definition) is 4. The number of carbonyl (C=O) groups is 1. The maximum Gasteiger partial charge on any atom is 0.214 e. The zero-order chi connectivity index (χ0) is 15.1. The van der Waals surface area contributed by atoms with Gasteiger partial charge in [0, 0.05) is 22.7 Å². The fourth-order valence-electron chi connectivity index (χ4n) is 2.67. The van der Waals surface area contributed by atoms with Crippen LogP contribution in [0.3, 0.4) is 0 Å². The molecule has 1 heterocycles. The molecule has 0 bridgehead atoms. The first-order valence-electron chi connectivity index (χ1n) is 6.77. The van der Waals surface area contributed by atoms with Crippen molar-refractivity contribution in [3.63, 3.8) is 0 Å². The molecular weight excluding hydrogens is 298 g/mol. The van der Waals surface area contributed by atoms with E-state index in [2.05, 4.69) is 15.5 Å². The molecule has 106 valence electrons. The van der Waals surface area contributed by atoms with Crippen LogP contribution in [0.4, 0.5) is 5.82 Å². The van der Waals surface area contributed by atoms with Crippen molar-refractivity contribution < 1.29 is 4.79 Å². The van der Waals surface area contributed by atoms with E-state index in [4.69, 9.17) is 11.6 Å². The number of benzene rings is 2. The number of halogens is 1. The van der Waals surface area contributed by atoms with Gasteiger partial charge in [-0.2, -0.15) is 5.10 Å². The minimum atomic E-state index is -0.0913. The molecule has 1 N–H and O–H groups in total. The van der Waals surface area contributed by atoms with Crippen LogP contribution in [0.25, 0.3) is 10.8 Å². The van der Waals surface area contributed by atoms with Gasteiger partial charge < -0.3 is 0 Å². The molecule has 2 aromatic carbocycles. The molecule has 22 heavy (non-hydrogen) atoms. The fraction of sp³-hybridized carbons (Fsp3) is 0. The molecule has 0 saturated carbocycles. The first-order chi connectivity index (χ1) is 10.8. The number of Topliss-reactive ketones (excluding diaryl/α,β-unsaturated/α-hetero) is 1. The van der Waals surface area contributed by atoms with Crippen LogP contribution in [0.15, 0.2) is 59.8 Å². The summed E-state index contributed by atoms with van der Waals surface area (Å²) in [6.07, 6.45) is 1.61. The molecule has 0 aliphatic heterocycles. The molecular formula is C17H10ClN3O. The van der Waals surface area contributed by atoms with Gasteiger partial charge in [-0.3, -0.25) is 10.2 Å². The molecule has 4 rings (SSSR count). The molecule has 4 nitrogen and oxygen atoms in total. The Morgan fingerprint density at radius 1 is 1.00 bits per heavy atom. The highest BCUT2D eigenvalue weighted by molar-refractivity contribution is 6.59. The van der Waals surface area contributed by atoms with Gasteiger partial charge in [0.25, 0.3) is 0 Å². The summed E-state index contributed by atoms with van der Waals surface area (Å²) in [6, 6.07) is 14.9. The molecule has 1 aliphatic carbocycles. The molecule has 5 heteroatoms. The summed E-state index contributed by atoms with van der Waals surface area (Å²) in [4.78, 5) is 16.7. The number of nitrogens with zero attached hydrogens (tertiary/aromatic N) is 2. The molecule has 1 aromatic heterocycles. The van der Waals surface area contributed by atoms with Crippen LogP contribution in [0.1, 0.15) is 15.9 Å². The number of nitrogens with one attached hydrogen (secondary N) is 1. The third-order valence-electron chi connectivity index (χ3n) is 3.65. The van der Waals surface area contributed by atoms with E-state index in [0.29, 0.717) is 22.1 Å². The van der Waals surface area contributed by atoms with Crippen LogP contribution >= 0.6 is 11.6 Å². The lowest BCUT2D eigenvalue weighted by Crippen LogP contribution is -2.11. The summed E-state index contributed by atoms with van der Waals surface area (Å²) < 4.78 is 0. The van der Waals surface area contributed by atoms with E-state index in [1.165, 1.54) is 0 Å². The van der Waals surface area contributed by atoms with Gasteiger partial charge in [-0.15, -0.1) is 0 Å². The monoisotopic (exact) mass is 307 g/mol. The van der Waals surface area contributed by atoms with Crippen molar-refractivity contribution >= 4 is 39.7 Å². The van der Waals surface area contributed by atoms with Gasteiger partial charge in [-0.05, 0) is 17.5 Å². The molecule has 0 fully saturated rings. The molecule has 1 aliphatic rings. The Labute approximate surface area is 131 Å². The maximum absolute atomic E-state index is 12.6. The average molecular weight is 308 g/mol. The van der Waals surface area contributed by atoms with Crippen LogP contribution in [0, 0.1) is 0 Å². The molecule has 0 atom stereocenters. The fourth-order valence-corrected chi connectivity index (χ4v) is 2.83. The molecule has 0 radical (unpaired) electrons. The Kier molecular flexibility index (Phi) is 2.91. The molecule has 0 spiro atoms. The van der Waals surface area contributed by atoms with Gasteiger partial charge in [0.1, 0.15) is 5.71 Å². The third-order valence-corrected chi connectivity index (χ3v) is 3.96. The van der Waals surface area contributed by atoms with Crippen molar-refractivity contribution in [2.75, 3.05) is 5.43 Å². The Morgan fingerprint density at radius 2 is 1.77 bits per heavy atom. The molecule has 0 saturated heterocycles. The number of aromatic nitrogens is 1. The smallest absolute Gasteiger partial charge is 0.214 e. The summed E-state index contributed by atoms with van der Waals surface area (Å²) in [5.41, 5.74) is 4.68. The van der Waals surface area contributed by atoms with E-state index in [0.717, 1.165) is 16.3 Å². The summed E-state index contributed by atoms with van der Waals surface area (Å²) >= 11 is 6.04. The summed E-state index contributed by atoms with van der Waals surface area (Å²) in [7, 11) is 0. The van der Waals surface area contributed by atoms with Crippen LogP contribution in [-0.2, 0) is 0 Å². The van der Waals surface area contributed by atoms with Gasteiger partial charge >= 0.3 is 0 Å². The van der Waals surface area contributed by atoms with E-state index in [1.54, 1.807) is 18.3 Å². The van der Waals surface area contributed by atoms with E-state index < -0.39 is 0 Å². The van der Waals surface area contributed by atoms with Crippen molar-refractivity contribution in [1.29, 1.82) is 0 Å². The minimum Gasteiger partial charge on any atom is -0.287 e. The number of rotatable bonds is 2. The number of hydrogen-bond donors (Lipinski definition) is 1. The predicted molar refractivity (Wildman–Crippen MR) is 87.7 cm³/mol. The third kappa shape index (κ3) is 1.89. The number of ketones is 1. The first-order valence-corrected chi connectivity index (χ1v) is 7.14. The zero-order valence-corrected chi connectivity index (χ0v) is 12.1. The number of carbonyl (C=O) groups excluding carboxylic acids is 1. The SMILES string of the molecule is O=C1/C(=N/Nc2ncccc2Cl)c2cccc3cccc1c23. The highest BCUT2D eigenvalue weighted by atomic mass is 35.5. The predicted octanol–water partition coefficient (Wildman–Crippen LogP) is 3.90. The second-order valence-electron chi connectivity index (χ2n) is 4.94. The molecule has 3 aromatic rings. The largest absolute Gasteiger partial charge is 0.287 e. The Bertz CT molecular complexity index is 944. The van der Waals surface area contributed by atoms with Crippen LogP contribution in [0.5, 0.6) is 0 Å². The zero-order valence-electron chi connectivity index (χ0n) is 11.4. The van der Waals surface area contributed by atoms with Crippen molar-refractivity contribution in [2.24, 2.45) is 5.10 Å². The van der Waals surface area contributed by atoms with Crippen molar-refractivity contribution in [3.8, 4) is 0 Å². The summed E-state index contributed by atoms with van der Waals surface area (Å²) in [5.74, 6) is 0.332. The second-order valence-corrected chi connectivity index (χ2v) is 5.35. The summed E-state index contributed by atoms with van der Waals surface area (Å²) in [5, 5.41) is 6.68. The Balaban J connectivity index is 1.82. The second kappa shape index (κ2) is 4.93. The summed E-state index contributed by atoms with van der Waals surface area (Å²) in [6.45, 7) is 0. The maximum atomic E-state index is 12.6. The van der Waals surface area contributed by atoms with Gasteiger partial charge in [0.15, 0.2) is 5.82 Å². The standard InChI is InChI=1S/C17H10ClN3O/c18-13-8-3-9-19-17(13)21-20-15-11-6-1-4-10-5-2-7-12(14(10)11)16(15)22/h1-9H,(H,19,21)/b20-15+. The topological polar surface area (TPSA) is 54.4 Å². The van der Waals surface area contributed by atoms with Gasteiger partial charge in [0.05, 0.1) is 5.02 Å².